The number of carbonyl (C=O) groups excluding carboxylic acids is 1. The predicted octanol–water partition coefficient (Wildman–Crippen LogP) is 4.54. The van der Waals surface area contributed by atoms with Crippen LogP contribution in [-0.4, -0.2) is 15.7 Å². The molecule has 1 N–H and O–H groups in total. The second-order valence-electron chi connectivity index (χ2n) is 7.19. The molecule has 130 valence electrons. The van der Waals surface area contributed by atoms with Crippen LogP contribution in [0.15, 0.2) is 46.9 Å². The van der Waals surface area contributed by atoms with Crippen molar-refractivity contribution in [3.8, 4) is 11.3 Å². The van der Waals surface area contributed by atoms with Crippen molar-refractivity contribution < 1.29 is 9.21 Å². The zero-order valence-electron chi connectivity index (χ0n) is 15.3. The number of nitrogens with one attached hydrogen (secondary N) is 1. The van der Waals surface area contributed by atoms with Crippen LogP contribution in [-0.2, 0) is 12.5 Å². The normalized spacial score (nSPS) is 11.6. The Morgan fingerprint density at radius 3 is 2.44 bits per heavy atom. The van der Waals surface area contributed by atoms with Gasteiger partial charge >= 0.3 is 0 Å². The first-order chi connectivity index (χ1) is 11.8. The lowest BCUT2D eigenvalue weighted by Crippen LogP contribution is -2.14. The van der Waals surface area contributed by atoms with Crippen molar-refractivity contribution in [3.63, 3.8) is 0 Å². The van der Waals surface area contributed by atoms with E-state index >= 15 is 0 Å². The Bertz CT molecular complexity index is 899. The monoisotopic (exact) mass is 337 g/mol. The van der Waals surface area contributed by atoms with Crippen molar-refractivity contribution in [1.29, 1.82) is 0 Å². The summed E-state index contributed by atoms with van der Waals surface area (Å²) in [4.78, 5) is 12.3. The number of benzene rings is 1. The van der Waals surface area contributed by atoms with Crippen LogP contribution in [0.1, 0.15) is 42.6 Å². The van der Waals surface area contributed by atoms with E-state index in [0.717, 1.165) is 22.8 Å². The van der Waals surface area contributed by atoms with E-state index < -0.39 is 0 Å². The van der Waals surface area contributed by atoms with Crippen molar-refractivity contribution in [2.75, 3.05) is 5.32 Å². The summed E-state index contributed by atoms with van der Waals surface area (Å²) < 4.78 is 7.56. The van der Waals surface area contributed by atoms with Crippen molar-refractivity contribution in [1.82, 2.24) is 9.78 Å². The molecule has 0 fully saturated rings. The van der Waals surface area contributed by atoms with Gasteiger partial charge in [0, 0.05) is 29.7 Å². The largest absolute Gasteiger partial charge is 0.465 e. The second-order valence-corrected chi connectivity index (χ2v) is 7.19. The van der Waals surface area contributed by atoms with Crippen molar-refractivity contribution >= 4 is 11.7 Å². The number of amides is 1. The number of carbonyl (C=O) groups is 1. The fourth-order valence-corrected chi connectivity index (χ4v) is 2.60. The summed E-state index contributed by atoms with van der Waals surface area (Å²) >= 11 is 0. The number of hydrogen-bond acceptors (Lipinski definition) is 3. The van der Waals surface area contributed by atoms with Crippen LogP contribution in [0.2, 0.25) is 0 Å². The van der Waals surface area contributed by atoms with Gasteiger partial charge in [-0.2, -0.15) is 5.10 Å². The molecule has 0 aliphatic carbocycles. The molecular formula is C20H23N3O2. The minimum absolute atomic E-state index is 0.0673. The van der Waals surface area contributed by atoms with Crippen molar-refractivity contribution in [2.24, 2.45) is 7.05 Å². The SMILES string of the molecule is Cc1oc(C(C)(C)C)cc1-c1cc(NC(=O)c2ccccc2)n(C)n1. The standard InChI is InChI=1S/C20H23N3O2/c1-13-15(11-17(25-13)20(2,3)4)16-12-18(23(5)22-16)21-19(24)14-9-7-6-8-10-14/h6-12H,1-5H3,(H,21,24). The zero-order chi connectivity index (χ0) is 18.2. The molecule has 0 saturated heterocycles. The maximum atomic E-state index is 12.3. The van der Waals surface area contributed by atoms with Gasteiger partial charge in [0.25, 0.3) is 5.91 Å². The topological polar surface area (TPSA) is 60.1 Å². The van der Waals surface area contributed by atoms with E-state index in [0.29, 0.717) is 11.4 Å². The van der Waals surface area contributed by atoms with Gasteiger partial charge in [0.2, 0.25) is 0 Å². The van der Waals surface area contributed by atoms with Crippen LogP contribution in [0, 0.1) is 6.92 Å². The maximum absolute atomic E-state index is 12.3. The smallest absolute Gasteiger partial charge is 0.256 e. The minimum Gasteiger partial charge on any atom is -0.465 e. The van der Waals surface area contributed by atoms with E-state index in [1.165, 1.54) is 0 Å². The molecule has 2 heterocycles. The highest BCUT2D eigenvalue weighted by Gasteiger charge is 2.22. The first-order valence-corrected chi connectivity index (χ1v) is 8.27. The summed E-state index contributed by atoms with van der Waals surface area (Å²) in [5, 5.41) is 7.43. The highest BCUT2D eigenvalue weighted by Crippen LogP contribution is 2.33. The summed E-state index contributed by atoms with van der Waals surface area (Å²) in [7, 11) is 1.81. The second kappa shape index (κ2) is 6.24. The lowest BCUT2D eigenvalue weighted by molar-refractivity contribution is 0.102. The highest BCUT2D eigenvalue weighted by molar-refractivity contribution is 6.04. The van der Waals surface area contributed by atoms with Crippen LogP contribution in [0.25, 0.3) is 11.3 Å². The molecule has 0 spiro atoms. The molecule has 1 aromatic carbocycles. The number of anilines is 1. The average molecular weight is 337 g/mol. The van der Waals surface area contributed by atoms with E-state index in [2.05, 4.69) is 31.2 Å². The summed E-state index contributed by atoms with van der Waals surface area (Å²) in [6, 6.07) is 13.0. The molecule has 25 heavy (non-hydrogen) atoms. The third-order valence-electron chi connectivity index (χ3n) is 4.09. The molecule has 5 nitrogen and oxygen atoms in total. The fourth-order valence-electron chi connectivity index (χ4n) is 2.60. The Balaban J connectivity index is 1.88. The molecule has 0 unspecified atom stereocenters. The first-order valence-electron chi connectivity index (χ1n) is 8.27. The van der Waals surface area contributed by atoms with Gasteiger partial charge in [-0.15, -0.1) is 0 Å². The van der Waals surface area contributed by atoms with Crippen LogP contribution in [0.4, 0.5) is 5.82 Å². The van der Waals surface area contributed by atoms with E-state index in [4.69, 9.17) is 4.42 Å². The van der Waals surface area contributed by atoms with Crippen LogP contribution in [0.5, 0.6) is 0 Å². The fraction of sp³-hybridized carbons (Fsp3) is 0.300. The van der Waals surface area contributed by atoms with Gasteiger partial charge in [-0.3, -0.25) is 9.48 Å². The molecule has 5 heteroatoms. The summed E-state index contributed by atoms with van der Waals surface area (Å²) in [6.45, 7) is 8.26. The Labute approximate surface area is 147 Å². The molecule has 0 saturated carbocycles. The molecule has 2 aromatic heterocycles. The number of rotatable bonds is 3. The molecule has 0 bridgehead atoms. The van der Waals surface area contributed by atoms with Gasteiger partial charge in [-0.1, -0.05) is 39.0 Å². The third-order valence-corrected chi connectivity index (χ3v) is 4.09. The number of hydrogen-bond donors (Lipinski definition) is 1. The number of furan rings is 1. The number of nitrogens with zero attached hydrogens (tertiary/aromatic N) is 2. The summed E-state index contributed by atoms with van der Waals surface area (Å²) in [6.07, 6.45) is 0. The number of aromatic nitrogens is 2. The third kappa shape index (κ3) is 3.50. The Morgan fingerprint density at radius 2 is 1.84 bits per heavy atom. The van der Waals surface area contributed by atoms with E-state index in [-0.39, 0.29) is 11.3 Å². The molecule has 3 aromatic rings. The molecular weight excluding hydrogens is 314 g/mol. The van der Waals surface area contributed by atoms with Crippen LogP contribution < -0.4 is 5.32 Å². The molecule has 3 rings (SSSR count). The van der Waals surface area contributed by atoms with Gasteiger partial charge in [-0.05, 0) is 25.1 Å². The van der Waals surface area contributed by atoms with Crippen LogP contribution >= 0.6 is 0 Å². The Morgan fingerprint density at radius 1 is 1.16 bits per heavy atom. The number of aryl methyl sites for hydroxylation is 2. The summed E-state index contributed by atoms with van der Waals surface area (Å²) in [5.41, 5.74) is 2.27. The first kappa shape index (κ1) is 17.0. The van der Waals surface area contributed by atoms with Crippen LogP contribution in [0.3, 0.4) is 0 Å². The Kier molecular flexibility index (Phi) is 4.25. The van der Waals surface area contributed by atoms with Gasteiger partial charge in [0.1, 0.15) is 17.3 Å². The predicted molar refractivity (Wildman–Crippen MR) is 98.7 cm³/mol. The Hall–Kier alpha value is -2.82. The van der Waals surface area contributed by atoms with E-state index in [1.54, 1.807) is 16.8 Å². The molecule has 1 amide bonds. The lowest BCUT2D eigenvalue weighted by atomic mass is 9.93. The van der Waals surface area contributed by atoms with Gasteiger partial charge in [0.05, 0.1) is 5.69 Å². The van der Waals surface area contributed by atoms with Crippen molar-refractivity contribution in [3.05, 3.63) is 59.5 Å². The van der Waals surface area contributed by atoms with Gasteiger partial charge in [-0.25, -0.2) is 0 Å². The minimum atomic E-state index is -0.158. The maximum Gasteiger partial charge on any atom is 0.256 e. The quantitative estimate of drug-likeness (QED) is 0.763. The summed E-state index contributed by atoms with van der Waals surface area (Å²) in [5.74, 6) is 2.22. The molecule has 0 atom stereocenters. The van der Waals surface area contributed by atoms with Crippen molar-refractivity contribution in [2.45, 2.75) is 33.1 Å². The van der Waals surface area contributed by atoms with E-state index in [9.17, 15) is 4.79 Å². The molecule has 0 radical (unpaired) electrons. The van der Waals surface area contributed by atoms with Gasteiger partial charge in [0.15, 0.2) is 0 Å². The lowest BCUT2D eigenvalue weighted by Gasteiger charge is -2.13. The van der Waals surface area contributed by atoms with Gasteiger partial charge < -0.3 is 9.73 Å². The molecule has 0 aliphatic heterocycles. The average Bonchev–Trinajstić information content (AvgIpc) is 3.11. The molecule has 0 aliphatic rings. The van der Waals surface area contributed by atoms with E-state index in [1.807, 2.05) is 44.3 Å². The highest BCUT2D eigenvalue weighted by atomic mass is 16.3. The zero-order valence-corrected chi connectivity index (χ0v) is 15.3.